The summed E-state index contributed by atoms with van der Waals surface area (Å²) in [6.45, 7) is 8.37. The molecule has 0 aromatic heterocycles. The van der Waals surface area contributed by atoms with Crippen molar-refractivity contribution < 1.29 is 19.1 Å². The molecule has 1 aliphatic rings. The summed E-state index contributed by atoms with van der Waals surface area (Å²) in [6.07, 6.45) is -0.498. The van der Waals surface area contributed by atoms with Gasteiger partial charge < -0.3 is 19.7 Å². The zero-order valence-electron chi connectivity index (χ0n) is 12.4. The monoisotopic (exact) mass is 308 g/mol. The van der Waals surface area contributed by atoms with E-state index in [1.54, 1.807) is 6.92 Å². The fraction of sp³-hybridized carbons (Fsp3) is 0.846. The molecule has 118 valence electrons. The molecule has 0 saturated carbocycles. The molecule has 0 bridgehead atoms. The summed E-state index contributed by atoms with van der Waals surface area (Å²) in [5.74, 6) is -0.232. The maximum Gasteiger partial charge on any atom is 0.325 e. The maximum atomic E-state index is 12.3. The Morgan fingerprint density at radius 1 is 1.45 bits per heavy atom. The van der Waals surface area contributed by atoms with Gasteiger partial charge in [-0.25, -0.2) is 0 Å². The van der Waals surface area contributed by atoms with Gasteiger partial charge in [0.2, 0.25) is 0 Å². The number of nitrogens with one attached hydrogen (secondary N) is 1. The average Bonchev–Trinajstić information content (AvgIpc) is 2.38. The Morgan fingerprint density at radius 2 is 2.15 bits per heavy atom. The van der Waals surface area contributed by atoms with Crippen LogP contribution < -0.4 is 5.32 Å². The number of hydrogen-bond acceptors (Lipinski definition) is 5. The molecule has 0 aromatic rings. The molecule has 7 heteroatoms. The largest absolute Gasteiger partial charge is 0.465 e. The zero-order valence-corrected chi connectivity index (χ0v) is 13.2. The summed E-state index contributed by atoms with van der Waals surface area (Å²) >= 11 is 0. The first-order valence-electron chi connectivity index (χ1n) is 6.81. The number of halogens is 1. The molecule has 6 nitrogen and oxygen atoms in total. The van der Waals surface area contributed by atoms with Crippen molar-refractivity contribution in [2.75, 3.05) is 39.4 Å². The third kappa shape index (κ3) is 6.54. The van der Waals surface area contributed by atoms with Gasteiger partial charge in [-0.3, -0.25) is 9.59 Å². The molecule has 1 unspecified atom stereocenters. The van der Waals surface area contributed by atoms with E-state index < -0.39 is 6.10 Å². The number of esters is 1. The zero-order chi connectivity index (χ0) is 14.3. The van der Waals surface area contributed by atoms with Gasteiger partial charge in [-0.2, -0.15) is 0 Å². The third-order valence-electron chi connectivity index (χ3n) is 2.73. The first kappa shape index (κ1) is 19.1. The number of rotatable bonds is 6. The standard InChI is InChI=1S/C13H24N2O4.ClH/c1-4-18-12(16)9-15(8-10(2)3)13(17)11-7-14-5-6-19-11;/h10-11,14H,4-9H2,1-3H3;1H. The maximum absolute atomic E-state index is 12.3. The molecule has 1 amide bonds. The minimum Gasteiger partial charge on any atom is -0.465 e. The Hall–Kier alpha value is -0.850. The fourth-order valence-electron chi connectivity index (χ4n) is 1.96. The van der Waals surface area contributed by atoms with Crippen molar-refractivity contribution in [2.24, 2.45) is 5.92 Å². The molecule has 0 aliphatic carbocycles. The number of nitrogens with zero attached hydrogens (tertiary/aromatic N) is 1. The summed E-state index contributed by atoms with van der Waals surface area (Å²) in [5, 5.41) is 3.11. The van der Waals surface area contributed by atoms with Gasteiger partial charge in [0, 0.05) is 19.6 Å². The van der Waals surface area contributed by atoms with E-state index >= 15 is 0 Å². The van der Waals surface area contributed by atoms with Crippen molar-refractivity contribution in [3.63, 3.8) is 0 Å². The van der Waals surface area contributed by atoms with Gasteiger partial charge in [-0.1, -0.05) is 13.8 Å². The van der Waals surface area contributed by atoms with Crippen LogP contribution in [0, 0.1) is 5.92 Å². The molecule has 0 spiro atoms. The quantitative estimate of drug-likeness (QED) is 0.721. The van der Waals surface area contributed by atoms with Crippen molar-refractivity contribution in [3.05, 3.63) is 0 Å². The van der Waals surface area contributed by atoms with Crippen LogP contribution in [0.1, 0.15) is 20.8 Å². The summed E-state index contributed by atoms with van der Waals surface area (Å²) in [4.78, 5) is 25.4. The smallest absolute Gasteiger partial charge is 0.325 e. The molecule has 20 heavy (non-hydrogen) atoms. The average molecular weight is 309 g/mol. The van der Waals surface area contributed by atoms with Crippen LogP contribution in [-0.4, -0.2) is 62.3 Å². The normalized spacial score (nSPS) is 18.3. The predicted octanol–water partition coefficient (Wildman–Crippen LogP) is 0.444. The molecule has 1 fully saturated rings. The minimum atomic E-state index is -0.498. The second-order valence-electron chi connectivity index (χ2n) is 4.98. The first-order chi connectivity index (χ1) is 9.04. The highest BCUT2D eigenvalue weighted by molar-refractivity contribution is 5.85. The van der Waals surface area contributed by atoms with Gasteiger partial charge in [0.05, 0.1) is 13.2 Å². The molecule has 1 saturated heterocycles. The van der Waals surface area contributed by atoms with Crippen LogP contribution in [0.2, 0.25) is 0 Å². The van der Waals surface area contributed by atoms with Crippen LogP contribution in [0.3, 0.4) is 0 Å². The summed E-state index contributed by atoms with van der Waals surface area (Å²) in [6, 6.07) is 0. The van der Waals surface area contributed by atoms with E-state index in [4.69, 9.17) is 9.47 Å². The number of carbonyl (C=O) groups is 2. The van der Waals surface area contributed by atoms with Crippen LogP contribution in [0.4, 0.5) is 0 Å². The summed E-state index contributed by atoms with van der Waals surface area (Å²) in [7, 11) is 0. The number of hydrogen-bond donors (Lipinski definition) is 1. The van der Waals surface area contributed by atoms with Crippen LogP contribution >= 0.6 is 12.4 Å². The van der Waals surface area contributed by atoms with Gasteiger partial charge >= 0.3 is 5.97 Å². The van der Waals surface area contributed by atoms with Gasteiger partial charge in [0.25, 0.3) is 5.91 Å². The van der Waals surface area contributed by atoms with E-state index in [1.807, 2.05) is 13.8 Å². The van der Waals surface area contributed by atoms with Gasteiger partial charge in [0.1, 0.15) is 12.6 Å². The fourth-order valence-corrected chi connectivity index (χ4v) is 1.96. The highest BCUT2D eigenvalue weighted by atomic mass is 35.5. The van der Waals surface area contributed by atoms with E-state index in [0.29, 0.717) is 26.3 Å². The molecule has 0 radical (unpaired) electrons. The Balaban J connectivity index is 0.00000361. The second-order valence-corrected chi connectivity index (χ2v) is 4.98. The molecular formula is C13H25ClN2O4. The SMILES string of the molecule is CCOC(=O)CN(CC(C)C)C(=O)C1CNCCO1.Cl. The summed E-state index contributed by atoms with van der Waals surface area (Å²) in [5.41, 5.74) is 0. The molecule has 1 atom stereocenters. The lowest BCUT2D eigenvalue weighted by atomic mass is 10.2. The van der Waals surface area contributed by atoms with E-state index in [9.17, 15) is 9.59 Å². The van der Waals surface area contributed by atoms with Crippen molar-refractivity contribution in [3.8, 4) is 0 Å². The Kier molecular flexibility index (Phi) is 9.54. The minimum absolute atomic E-state index is 0. The molecule has 1 aliphatic heterocycles. The van der Waals surface area contributed by atoms with Gasteiger partial charge in [-0.05, 0) is 12.8 Å². The van der Waals surface area contributed by atoms with Gasteiger partial charge in [0.15, 0.2) is 0 Å². The van der Waals surface area contributed by atoms with Crippen LogP contribution in [-0.2, 0) is 19.1 Å². The van der Waals surface area contributed by atoms with Gasteiger partial charge in [-0.15, -0.1) is 12.4 Å². The first-order valence-corrected chi connectivity index (χ1v) is 6.81. The lowest BCUT2D eigenvalue weighted by Crippen LogP contribution is -2.51. The Labute approximate surface area is 126 Å². The van der Waals surface area contributed by atoms with E-state index in [0.717, 1.165) is 6.54 Å². The topological polar surface area (TPSA) is 67.9 Å². The highest BCUT2D eigenvalue weighted by Crippen LogP contribution is 2.06. The molecular weight excluding hydrogens is 284 g/mol. The Morgan fingerprint density at radius 3 is 2.65 bits per heavy atom. The third-order valence-corrected chi connectivity index (χ3v) is 2.73. The number of morpholine rings is 1. The van der Waals surface area contributed by atoms with E-state index in [1.165, 1.54) is 4.90 Å². The van der Waals surface area contributed by atoms with Crippen LogP contribution in [0.5, 0.6) is 0 Å². The van der Waals surface area contributed by atoms with Crippen molar-refractivity contribution in [1.82, 2.24) is 10.2 Å². The lowest BCUT2D eigenvalue weighted by molar-refractivity contribution is -0.154. The molecule has 1 heterocycles. The van der Waals surface area contributed by atoms with Crippen molar-refractivity contribution >= 4 is 24.3 Å². The number of amides is 1. The van der Waals surface area contributed by atoms with Crippen molar-refractivity contribution in [1.29, 1.82) is 0 Å². The predicted molar refractivity (Wildman–Crippen MR) is 77.9 cm³/mol. The molecule has 1 N–H and O–H groups in total. The second kappa shape index (κ2) is 9.96. The van der Waals surface area contributed by atoms with E-state index in [2.05, 4.69) is 5.32 Å². The van der Waals surface area contributed by atoms with E-state index in [-0.39, 0.29) is 36.7 Å². The lowest BCUT2D eigenvalue weighted by Gasteiger charge is -2.30. The molecule has 1 rings (SSSR count). The number of ether oxygens (including phenoxy) is 2. The summed E-state index contributed by atoms with van der Waals surface area (Å²) < 4.78 is 10.3. The van der Waals surface area contributed by atoms with Crippen LogP contribution in [0.15, 0.2) is 0 Å². The molecule has 0 aromatic carbocycles. The van der Waals surface area contributed by atoms with Crippen molar-refractivity contribution in [2.45, 2.75) is 26.9 Å². The van der Waals surface area contributed by atoms with Crippen LogP contribution in [0.25, 0.3) is 0 Å². The number of carbonyl (C=O) groups excluding carboxylic acids is 2. The highest BCUT2D eigenvalue weighted by Gasteiger charge is 2.28. The Bertz CT molecular complexity index is 307.